The van der Waals surface area contributed by atoms with Crippen molar-refractivity contribution in [3.8, 4) is 0 Å². The van der Waals surface area contributed by atoms with Crippen LogP contribution in [0.25, 0.3) is 0 Å². The molecule has 0 aromatic rings. The molecule has 0 saturated heterocycles. The number of aliphatic hydroxyl groups is 5. The average Bonchev–Trinajstić information content (AvgIpc) is 2.28. The highest BCUT2D eigenvalue weighted by atomic mass is 16.3. The van der Waals surface area contributed by atoms with Crippen LogP contribution in [0.4, 0.5) is 0 Å². The molecule has 0 rings (SSSR count). The Labute approximate surface area is 112 Å². The summed E-state index contributed by atoms with van der Waals surface area (Å²) < 4.78 is 0. The lowest BCUT2D eigenvalue weighted by Gasteiger charge is -1.93. The highest BCUT2D eigenvalue weighted by molar-refractivity contribution is 4.39. The van der Waals surface area contributed by atoms with Gasteiger partial charge in [-0.25, -0.2) is 0 Å². The van der Waals surface area contributed by atoms with Crippen molar-refractivity contribution in [2.24, 2.45) is 0 Å². The summed E-state index contributed by atoms with van der Waals surface area (Å²) in [6.07, 6.45) is 3.83. The molecule has 0 aromatic carbocycles. The van der Waals surface area contributed by atoms with Crippen LogP contribution in [0.1, 0.15) is 46.5 Å². The van der Waals surface area contributed by atoms with E-state index < -0.39 is 0 Å². The summed E-state index contributed by atoms with van der Waals surface area (Å²) in [7, 11) is 0. The first-order valence-corrected chi connectivity index (χ1v) is 6.20. The minimum absolute atomic E-state index is 0. The van der Waals surface area contributed by atoms with Crippen LogP contribution in [-0.4, -0.2) is 58.6 Å². The van der Waals surface area contributed by atoms with Crippen LogP contribution in [0.2, 0.25) is 0 Å². The standard InChI is InChI=1S/C6H14O2.3C2H6O.H3N/c7-5-3-1-2-4-6-8;3*1-2-3;/h7-8H,1-6H2;3*3H,2H2,1H3;1H3. The lowest BCUT2D eigenvalue weighted by Crippen LogP contribution is -1.85. The third kappa shape index (κ3) is 152. The van der Waals surface area contributed by atoms with Crippen LogP contribution in [0.15, 0.2) is 0 Å². The molecule has 0 aromatic heterocycles. The molecule has 6 nitrogen and oxygen atoms in total. The average molecular weight is 273 g/mol. The van der Waals surface area contributed by atoms with Crippen LogP contribution >= 0.6 is 0 Å². The van der Waals surface area contributed by atoms with Gasteiger partial charge in [-0.1, -0.05) is 12.8 Å². The van der Waals surface area contributed by atoms with Crippen LogP contribution in [0.5, 0.6) is 0 Å². The molecule has 0 bridgehead atoms. The van der Waals surface area contributed by atoms with Crippen molar-refractivity contribution in [2.75, 3.05) is 33.0 Å². The van der Waals surface area contributed by atoms with E-state index in [1.54, 1.807) is 20.8 Å². The topological polar surface area (TPSA) is 136 Å². The third-order valence-electron chi connectivity index (χ3n) is 1.07. The van der Waals surface area contributed by atoms with Gasteiger partial charge in [0.25, 0.3) is 0 Å². The summed E-state index contributed by atoms with van der Waals surface area (Å²) >= 11 is 0. The molecule has 6 heteroatoms. The number of aliphatic hydroxyl groups excluding tert-OH is 5. The zero-order valence-electron chi connectivity index (χ0n) is 12.3. The van der Waals surface area contributed by atoms with Gasteiger partial charge in [-0.3, -0.25) is 0 Å². The molecule has 0 spiro atoms. The van der Waals surface area contributed by atoms with Gasteiger partial charge >= 0.3 is 0 Å². The number of hydrogen-bond donors (Lipinski definition) is 6. The van der Waals surface area contributed by atoms with Crippen LogP contribution in [0, 0.1) is 0 Å². The minimum Gasteiger partial charge on any atom is -0.397 e. The van der Waals surface area contributed by atoms with Gasteiger partial charge in [0.05, 0.1) is 0 Å². The van der Waals surface area contributed by atoms with Crippen molar-refractivity contribution in [3.05, 3.63) is 0 Å². The minimum atomic E-state index is 0. The Morgan fingerprint density at radius 3 is 0.778 bits per heavy atom. The van der Waals surface area contributed by atoms with E-state index in [1.807, 2.05) is 0 Å². The monoisotopic (exact) mass is 273 g/mol. The molecule has 18 heavy (non-hydrogen) atoms. The summed E-state index contributed by atoms with van der Waals surface area (Å²) in [5, 5.41) is 39.3. The Hall–Kier alpha value is -0.240. The fourth-order valence-corrected chi connectivity index (χ4v) is 0.577. The normalized spacial score (nSPS) is 7.33. The van der Waals surface area contributed by atoms with Crippen molar-refractivity contribution in [2.45, 2.75) is 46.5 Å². The Morgan fingerprint density at radius 2 is 0.667 bits per heavy atom. The molecule has 118 valence electrons. The number of unbranched alkanes of at least 4 members (excludes halogenated alkanes) is 3. The third-order valence-corrected chi connectivity index (χ3v) is 1.07. The SMILES string of the molecule is CCO.CCO.CCO.N.OCCCCCCO. The molecule has 0 atom stereocenters. The maximum Gasteiger partial charge on any atom is 0.0431 e. The zero-order chi connectivity index (χ0) is 14.4. The fourth-order valence-electron chi connectivity index (χ4n) is 0.577. The molecular formula is C12H35NO5. The second kappa shape index (κ2) is 54.2. The van der Waals surface area contributed by atoms with Crippen LogP contribution < -0.4 is 6.15 Å². The van der Waals surface area contributed by atoms with Crippen molar-refractivity contribution in [3.63, 3.8) is 0 Å². The molecule has 0 radical (unpaired) electrons. The quantitative estimate of drug-likeness (QED) is 0.408. The second-order valence-electron chi connectivity index (χ2n) is 2.81. The Morgan fingerprint density at radius 1 is 0.500 bits per heavy atom. The molecule has 0 amide bonds. The van der Waals surface area contributed by atoms with Crippen molar-refractivity contribution in [1.82, 2.24) is 6.15 Å². The summed E-state index contributed by atoms with van der Waals surface area (Å²) in [6, 6.07) is 0. The Kier molecular flexibility index (Phi) is 92.3. The number of rotatable bonds is 5. The predicted molar refractivity (Wildman–Crippen MR) is 75.9 cm³/mol. The predicted octanol–water partition coefficient (Wildman–Crippen LogP) is 0.689. The van der Waals surface area contributed by atoms with Gasteiger partial charge in [0.15, 0.2) is 0 Å². The first kappa shape index (κ1) is 30.6. The Bertz CT molecular complexity index is 66.7. The molecular weight excluding hydrogens is 238 g/mol. The fraction of sp³-hybridized carbons (Fsp3) is 1.00. The van der Waals surface area contributed by atoms with Gasteiger partial charge < -0.3 is 31.7 Å². The molecule has 0 fully saturated rings. The Balaban J connectivity index is -0.0000000477. The molecule has 0 aliphatic carbocycles. The van der Waals surface area contributed by atoms with Gasteiger partial charge in [-0.2, -0.15) is 0 Å². The van der Waals surface area contributed by atoms with Crippen molar-refractivity contribution in [1.29, 1.82) is 0 Å². The van der Waals surface area contributed by atoms with Crippen molar-refractivity contribution >= 4 is 0 Å². The van der Waals surface area contributed by atoms with E-state index in [0.29, 0.717) is 0 Å². The van der Waals surface area contributed by atoms with E-state index >= 15 is 0 Å². The zero-order valence-corrected chi connectivity index (χ0v) is 12.3. The molecule has 0 aliphatic heterocycles. The van der Waals surface area contributed by atoms with Gasteiger partial charge in [0, 0.05) is 33.0 Å². The van der Waals surface area contributed by atoms with Crippen LogP contribution in [0.3, 0.4) is 0 Å². The second-order valence-corrected chi connectivity index (χ2v) is 2.81. The summed E-state index contributed by atoms with van der Waals surface area (Å²) in [4.78, 5) is 0. The summed E-state index contributed by atoms with van der Waals surface area (Å²) in [5.74, 6) is 0. The largest absolute Gasteiger partial charge is 0.397 e. The van der Waals surface area contributed by atoms with E-state index in [-0.39, 0.29) is 39.2 Å². The lowest BCUT2D eigenvalue weighted by atomic mass is 10.2. The van der Waals surface area contributed by atoms with Gasteiger partial charge in [0.1, 0.15) is 0 Å². The van der Waals surface area contributed by atoms with Gasteiger partial charge in [-0.15, -0.1) is 0 Å². The molecule has 0 saturated carbocycles. The van der Waals surface area contributed by atoms with E-state index in [1.165, 1.54) is 0 Å². The smallest absolute Gasteiger partial charge is 0.0431 e. The molecule has 0 heterocycles. The van der Waals surface area contributed by atoms with Crippen LogP contribution in [-0.2, 0) is 0 Å². The van der Waals surface area contributed by atoms with Gasteiger partial charge in [0.2, 0.25) is 0 Å². The van der Waals surface area contributed by atoms with Crippen molar-refractivity contribution < 1.29 is 25.5 Å². The molecule has 8 N–H and O–H groups in total. The first-order valence-electron chi connectivity index (χ1n) is 6.20. The number of hydrogen-bond acceptors (Lipinski definition) is 6. The molecule has 0 aliphatic rings. The highest BCUT2D eigenvalue weighted by Gasteiger charge is 1.84. The van der Waals surface area contributed by atoms with Gasteiger partial charge in [-0.05, 0) is 33.6 Å². The first-order chi connectivity index (χ1) is 8.16. The van der Waals surface area contributed by atoms with E-state index in [2.05, 4.69) is 0 Å². The summed E-state index contributed by atoms with van der Waals surface area (Å²) in [6.45, 7) is 6.36. The summed E-state index contributed by atoms with van der Waals surface area (Å²) in [5.41, 5.74) is 0. The maximum absolute atomic E-state index is 8.30. The highest BCUT2D eigenvalue weighted by Crippen LogP contribution is 1.96. The van der Waals surface area contributed by atoms with E-state index in [4.69, 9.17) is 25.5 Å². The van der Waals surface area contributed by atoms with E-state index in [0.717, 1.165) is 25.7 Å². The maximum atomic E-state index is 8.30. The molecule has 0 unspecified atom stereocenters. The van der Waals surface area contributed by atoms with E-state index in [9.17, 15) is 0 Å². The lowest BCUT2D eigenvalue weighted by molar-refractivity contribution is 0.265.